The van der Waals surface area contributed by atoms with Crippen LogP contribution < -0.4 is 0 Å². The first-order valence-electron chi connectivity index (χ1n) is 7.67. The number of hydrogen-bond donors (Lipinski definition) is 0. The van der Waals surface area contributed by atoms with Gasteiger partial charge >= 0.3 is 0 Å². The molecule has 0 spiro atoms. The van der Waals surface area contributed by atoms with E-state index >= 15 is 0 Å². The third-order valence-electron chi connectivity index (χ3n) is 3.72. The van der Waals surface area contributed by atoms with E-state index in [1.165, 1.54) is 25.9 Å². The van der Waals surface area contributed by atoms with Crippen molar-refractivity contribution >= 4 is 5.91 Å². The van der Waals surface area contributed by atoms with Crippen molar-refractivity contribution in [2.24, 2.45) is 5.92 Å². The van der Waals surface area contributed by atoms with Crippen molar-refractivity contribution in [2.75, 3.05) is 32.7 Å². The van der Waals surface area contributed by atoms with Gasteiger partial charge in [-0.2, -0.15) is 0 Å². The van der Waals surface area contributed by atoms with Crippen LogP contribution in [0, 0.1) is 5.92 Å². The van der Waals surface area contributed by atoms with Crippen molar-refractivity contribution in [2.45, 2.75) is 52.9 Å². The fourth-order valence-electron chi connectivity index (χ4n) is 2.80. The van der Waals surface area contributed by atoms with Crippen molar-refractivity contribution in [1.82, 2.24) is 9.80 Å². The highest BCUT2D eigenvalue weighted by molar-refractivity contribution is 5.76. The zero-order chi connectivity index (χ0) is 13.4. The highest BCUT2D eigenvalue weighted by atomic mass is 16.2. The Labute approximate surface area is 113 Å². The molecule has 0 radical (unpaired) electrons. The molecule has 1 amide bonds. The molecule has 0 aromatic heterocycles. The lowest BCUT2D eigenvalue weighted by molar-refractivity contribution is -0.131. The van der Waals surface area contributed by atoms with Crippen molar-refractivity contribution < 1.29 is 4.79 Å². The number of carbonyl (C=O) groups excluding carboxylic acids is 1. The van der Waals surface area contributed by atoms with E-state index in [-0.39, 0.29) is 0 Å². The molecular weight excluding hydrogens is 224 g/mol. The molecular formula is C15H30N2O. The fourth-order valence-corrected chi connectivity index (χ4v) is 2.80. The molecule has 106 valence electrons. The van der Waals surface area contributed by atoms with E-state index in [2.05, 4.69) is 25.7 Å². The van der Waals surface area contributed by atoms with E-state index < -0.39 is 0 Å². The summed E-state index contributed by atoms with van der Waals surface area (Å²) in [6.07, 6.45) is 5.47. The molecule has 1 heterocycles. The summed E-state index contributed by atoms with van der Waals surface area (Å²) in [5.41, 5.74) is 0. The van der Waals surface area contributed by atoms with Crippen LogP contribution in [0.4, 0.5) is 0 Å². The van der Waals surface area contributed by atoms with Gasteiger partial charge < -0.3 is 9.80 Å². The topological polar surface area (TPSA) is 23.6 Å². The summed E-state index contributed by atoms with van der Waals surface area (Å²) in [6, 6.07) is 0. The molecule has 0 aliphatic carbocycles. The number of nitrogens with zero attached hydrogens (tertiary/aromatic N) is 2. The number of carbonyl (C=O) groups is 1. The van der Waals surface area contributed by atoms with Gasteiger partial charge in [0.1, 0.15) is 0 Å². The van der Waals surface area contributed by atoms with Gasteiger partial charge in [-0.1, -0.05) is 20.8 Å². The first kappa shape index (κ1) is 15.5. The Hall–Kier alpha value is -0.570. The van der Waals surface area contributed by atoms with Crippen LogP contribution in [0.2, 0.25) is 0 Å². The van der Waals surface area contributed by atoms with Crippen molar-refractivity contribution in [3.05, 3.63) is 0 Å². The Kier molecular flexibility index (Phi) is 7.33. The second-order valence-corrected chi connectivity index (χ2v) is 5.68. The third kappa shape index (κ3) is 5.38. The molecule has 1 fully saturated rings. The number of hydrogen-bond acceptors (Lipinski definition) is 2. The standard InChI is InChI=1S/C15H30N2O/c1-4-9-17(10-5-2)15(18)8-12-16-11-6-7-14(3)13-16/h14H,4-13H2,1-3H3. The van der Waals surface area contributed by atoms with E-state index in [0.717, 1.165) is 38.4 Å². The lowest BCUT2D eigenvalue weighted by atomic mass is 10.0. The van der Waals surface area contributed by atoms with Crippen LogP contribution in [0.15, 0.2) is 0 Å². The number of piperidine rings is 1. The largest absolute Gasteiger partial charge is 0.343 e. The summed E-state index contributed by atoms with van der Waals surface area (Å²) in [4.78, 5) is 16.6. The Morgan fingerprint density at radius 1 is 1.28 bits per heavy atom. The normalized spacial score (nSPS) is 20.9. The Bertz CT molecular complexity index is 237. The van der Waals surface area contributed by atoms with Gasteiger partial charge in [0.2, 0.25) is 5.91 Å². The van der Waals surface area contributed by atoms with Crippen molar-refractivity contribution in [3.63, 3.8) is 0 Å². The molecule has 0 N–H and O–H groups in total. The van der Waals surface area contributed by atoms with Crippen LogP contribution in [0.25, 0.3) is 0 Å². The van der Waals surface area contributed by atoms with Crippen LogP contribution in [0.1, 0.15) is 52.9 Å². The van der Waals surface area contributed by atoms with Gasteiger partial charge in [-0.25, -0.2) is 0 Å². The quantitative estimate of drug-likeness (QED) is 0.697. The van der Waals surface area contributed by atoms with Gasteiger partial charge in [-0.05, 0) is 38.1 Å². The fraction of sp³-hybridized carbons (Fsp3) is 0.933. The lowest BCUT2D eigenvalue weighted by Gasteiger charge is -2.31. The summed E-state index contributed by atoms with van der Waals surface area (Å²) in [6.45, 7) is 11.7. The number of rotatable bonds is 7. The monoisotopic (exact) mass is 254 g/mol. The summed E-state index contributed by atoms with van der Waals surface area (Å²) in [5, 5.41) is 0. The summed E-state index contributed by atoms with van der Waals surface area (Å²) >= 11 is 0. The maximum Gasteiger partial charge on any atom is 0.223 e. The van der Waals surface area contributed by atoms with E-state index in [1.54, 1.807) is 0 Å². The van der Waals surface area contributed by atoms with Crippen molar-refractivity contribution in [1.29, 1.82) is 0 Å². The van der Waals surface area contributed by atoms with Gasteiger partial charge in [0.05, 0.1) is 0 Å². The van der Waals surface area contributed by atoms with Gasteiger partial charge in [0, 0.05) is 32.6 Å². The molecule has 1 saturated heterocycles. The molecule has 1 aliphatic heterocycles. The number of likely N-dealkylation sites (tertiary alicyclic amines) is 1. The van der Waals surface area contributed by atoms with E-state index in [0.29, 0.717) is 12.3 Å². The molecule has 0 aromatic carbocycles. The average Bonchev–Trinajstić information content (AvgIpc) is 2.36. The van der Waals surface area contributed by atoms with Crippen LogP contribution in [-0.4, -0.2) is 48.4 Å². The molecule has 3 heteroatoms. The van der Waals surface area contributed by atoms with Crippen LogP contribution in [-0.2, 0) is 4.79 Å². The predicted octanol–water partition coefficient (Wildman–Crippen LogP) is 2.76. The Morgan fingerprint density at radius 3 is 2.50 bits per heavy atom. The van der Waals surface area contributed by atoms with Crippen molar-refractivity contribution in [3.8, 4) is 0 Å². The highest BCUT2D eigenvalue weighted by Crippen LogP contribution is 2.15. The average molecular weight is 254 g/mol. The maximum atomic E-state index is 12.1. The van der Waals surface area contributed by atoms with Gasteiger partial charge in [0.15, 0.2) is 0 Å². The molecule has 1 aliphatic rings. The Balaban J connectivity index is 2.29. The van der Waals surface area contributed by atoms with Crippen LogP contribution >= 0.6 is 0 Å². The van der Waals surface area contributed by atoms with E-state index in [4.69, 9.17) is 0 Å². The predicted molar refractivity (Wildman–Crippen MR) is 76.6 cm³/mol. The SMILES string of the molecule is CCCN(CCC)C(=O)CCN1CCCC(C)C1. The van der Waals surface area contributed by atoms with Crippen LogP contribution in [0.5, 0.6) is 0 Å². The minimum Gasteiger partial charge on any atom is -0.343 e. The summed E-state index contributed by atoms with van der Waals surface area (Å²) < 4.78 is 0. The molecule has 3 nitrogen and oxygen atoms in total. The summed E-state index contributed by atoms with van der Waals surface area (Å²) in [5.74, 6) is 1.15. The summed E-state index contributed by atoms with van der Waals surface area (Å²) in [7, 11) is 0. The van der Waals surface area contributed by atoms with Crippen LogP contribution in [0.3, 0.4) is 0 Å². The first-order chi connectivity index (χ1) is 8.67. The minimum absolute atomic E-state index is 0.344. The highest BCUT2D eigenvalue weighted by Gasteiger charge is 2.18. The smallest absolute Gasteiger partial charge is 0.223 e. The van der Waals surface area contributed by atoms with E-state index in [9.17, 15) is 4.79 Å². The van der Waals surface area contributed by atoms with E-state index in [1.807, 2.05) is 4.90 Å². The lowest BCUT2D eigenvalue weighted by Crippen LogP contribution is -2.39. The maximum absolute atomic E-state index is 12.1. The van der Waals surface area contributed by atoms with Gasteiger partial charge in [-0.15, -0.1) is 0 Å². The van der Waals surface area contributed by atoms with Gasteiger partial charge in [0.25, 0.3) is 0 Å². The zero-order valence-electron chi connectivity index (χ0n) is 12.5. The second kappa shape index (κ2) is 8.52. The molecule has 0 saturated carbocycles. The zero-order valence-corrected chi connectivity index (χ0v) is 12.5. The number of amides is 1. The van der Waals surface area contributed by atoms with Gasteiger partial charge in [-0.3, -0.25) is 4.79 Å². The molecule has 1 atom stereocenters. The molecule has 0 aromatic rings. The molecule has 1 rings (SSSR count). The Morgan fingerprint density at radius 2 is 1.94 bits per heavy atom. The molecule has 1 unspecified atom stereocenters. The first-order valence-corrected chi connectivity index (χ1v) is 7.67. The molecule has 18 heavy (non-hydrogen) atoms. The second-order valence-electron chi connectivity index (χ2n) is 5.68. The molecule has 0 bridgehead atoms. The minimum atomic E-state index is 0.344. The third-order valence-corrected chi connectivity index (χ3v) is 3.72.